The molecular weight excluding hydrogens is 212 g/mol. The van der Waals surface area contributed by atoms with E-state index in [0.29, 0.717) is 5.92 Å². The molecule has 2 aliphatic rings. The van der Waals surface area contributed by atoms with Gasteiger partial charge in [0.2, 0.25) is 5.91 Å². The van der Waals surface area contributed by atoms with Crippen LogP contribution in [-0.4, -0.2) is 25.0 Å². The molecular formula is C14H26N2O. The van der Waals surface area contributed by atoms with Crippen molar-refractivity contribution in [3.05, 3.63) is 0 Å². The summed E-state index contributed by atoms with van der Waals surface area (Å²) >= 11 is 0. The molecule has 2 N–H and O–H groups in total. The molecule has 2 fully saturated rings. The molecule has 1 saturated heterocycles. The summed E-state index contributed by atoms with van der Waals surface area (Å²) in [7, 11) is 0. The number of rotatable bonds is 3. The zero-order valence-electron chi connectivity index (χ0n) is 11.0. The van der Waals surface area contributed by atoms with Crippen LogP contribution < -0.4 is 10.6 Å². The summed E-state index contributed by atoms with van der Waals surface area (Å²) in [4.78, 5) is 12.1. The Bertz CT molecular complexity index is 249. The van der Waals surface area contributed by atoms with Crippen LogP contribution in [0.2, 0.25) is 0 Å². The molecule has 0 aromatic carbocycles. The average Bonchev–Trinajstić information content (AvgIpc) is 2.38. The van der Waals surface area contributed by atoms with Crippen molar-refractivity contribution in [1.29, 1.82) is 0 Å². The molecule has 0 spiro atoms. The lowest BCUT2D eigenvalue weighted by Crippen LogP contribution is -2.51. The van der Waals surface area contributed by atoms with E-state index in [1.165, 1.54) is 44.9 Å². The molecule has 2 rings (SSSR count). The SMILES string of the molecule is CC1CCCNC1C(=O)NCC1CCCCC1. The maximum Gasteiger partial charge on any atom is 0.237 e. The van der Waals surface area contributed by atoms with E-state index in [9.17, 15) is 4.79 Å². The summed E-state index contributed by atoms with van der Waals surface area (Å²) in [5, 5.41) is 6.50. The largest absolute Gasteiger partial charge is 0.354 e. The first-order valence-corrected chi connectivity index (χ1v) is 7.28. The Kier molecular flexibility index (Phi) is 4.84. The topological polar surface area (TPSA) is 41.1 Å². The molecule has 1 amide bonds. The number of carbonyl (C=O) groups is 1. The van der Waals surface area contributed by atoms with Crippen molar-refractivity contribution >= 4 is 5.91 Å². The van der Waals surface area contributed by atoms with Crippen molar-refractivity contribution in [2.75, 3.05) is 13.1 Å². The Balaban J connectivity index is 1.72. The second-order valence-corrected chi connectivity index (χ2v) is 5.80. The first-order valence-electron chi connectivity index (χ1n) is 7.28. The fourth-order valence-electron chi connectivity index (χ4n) is 3.15. The van der Waals surface area contributed by atoms with Crippen LogP contribution in [-0.2, 0) is 4.79 Å². The lowest BCUT2D eigenvalue weighted by Gasteiger charge is -2.30. The molecule has 1 aliphatic carbocycles. The molecule has 1 saturated carbocycles. The van der Waals surface area contributed by atoms with Gasteiger partial charge in [-0.15, -0.1) is 0 Å². The molecule has 0 radical (unpaired) electrons. The van der Waals surface area contributed by atoms with E-state index in [1.54, 1.807) is 0 Å². The predicted molar refractivity (Wildman–Crippen MR) is 69.8 cm³/mol. The predicted octanol–water partition coefficient (Wildman–Crippen LogP) is 2.07. The third-order valence-electron chi connectivity index (χ3n) is 4.34. The second kappa shape index (κ2) is 6.39. The van der Waals surface area contributed by atoms with Crippen LogP contribution in [0, 0.1) is 11.8 Å². The van der Waals surface area contributed by atoms with Gasteiger partial charge in [-0.2, -0.15) is 0 Å². The van der Waals surface area contributed by atoms with Gasteiger partial charge in [0.25, 0.3) is 0 Å². The Morgan fingerprint density at radius 1 is 1.18 bits per heavy atom. The van der Waals surface area contributed by atoms with Crippen LogP contribution in [0.5, 0.6) is 0 Å². The van der Waals surface area contributed by atoms with E-state index < -0.39 is 0 Å². The maximum atomic E-state index is 12.1. The number of carbonyl (C=O) groups excluding carboxylic acids is 1. The van der Waals surface area contributed by atoms with Crippen LogP contribution in [0.15, 0.2) is 0 Å². The number of amides is 1. The Hall–Kier alpha value is -0.570. The summed E-state index contributed by atoms with van der Waals surface area (Å²) in [6, 6.07) is 0.0485. The molecule has 0 bridgehead atoms. The summed E-state index contributed by atoms with van der Waals surface area (Å²) in [5.41, 5.74) is 0. The van der Waals surface area contributed by atoms with Gasteiger partial charge < -0.3 is 10.6 Å². The van der Waals surface area contributed by atoms with Gasteiger partial charge >= 0.3 is 0 Å². The summed E-state index contributed by atoms with van der Waals surface area (Å²) < 4.78 is 0. The van der Waals surface area contributed by atoms with Crippen LogP contribution in [0.25, 0.3) is 0 Å². The highest BCUT2D eigenvalue weighted by atomic mass is 16.2. The number of piperidine rings is 1. The number of hydrogen-bond acceptors (Lipinski definition) is 2. The minimum absolute atomic E-state index is 0.0485. The molecule has 0 aromatic rings. The lowest BCUT2D eigenvalue weighted by molar-refractivity contribution is -0.125. The average molecular weight is 238 g/mol. The van der Waals surface area contributed by atoms with Gasteiger partial charge in [0, 0.05) is 6.54 Å². The molecule has 98 valence electrons. The van der Waals surface area contributed by atoms with E-state index in [2.05, 4.69) is 17.6 Å². The van der Waals surface area contributed by atoms with E-state index >= 15 is 0 Å². The molecule has 2 unspecified atom stereocenters. The number of nitrogens with one attached hydrogen (secondary N) is 2. The minimum Gasteiger partial charge on any atom is -0.354 e. The van der Waals surface area contributed by atoms with E-state index in [0.717, 1.165) is 19.0 Å². The molecule has 1 aliphatic heterocycles. The highest BCUT2D eigenvalue weighted by Gasteiger charge is 2.27. The summed E-state index contributed by atoms with van der Waals surface area (Å²) in [6.07, 6.45) is 9.05. The quantitative estimate of drug-likeness (QED) is 0.790. The van der Waals surface area contributed by atoms with Gasteiger partial charge in [0.1, 0.15) is 0 Å². The zero-order chi connectivity index (χ0) is 12.1. The number of hydrogen-bond donors (Lipinski definition) is 2. The van der Waals surface area contributed by atoms with Crippen molar-refractivity contribution in [2.45, 2.75) is 57.9 Å². The Morgan fingerprint density at radius 2 is 1.94 bits per heavy atom. The molecule has 3 nitrogen and oxygen atoms in total. The van der Waals surface area contributed by atoms with E-state index in [-0.39, 0.29) is 11.9 Å². The fraction of sp³-hybridized carbons (Fsp3) is 0.929. The molecule has 1 heterocycles. The van der Waals surface area contributed by atoms with Crippen molar-refractivity contribution < 1.29 is 4.79 Å². The second-order valence-electron chi connectivity index (χ2n) is 5.80. The highest BCUT2D eigenvalue weighted by Crippen LogP contribution is 2.23. The lowest BCUT2D eigenvalue weighted by atomic mass is 9.88. The van der Waals surface area contributed by atoms with Gasteiger partial charge in [-0.05, 0) is 44.1 Å². The zero-order valence-corrected chi connectivity index (χ0v) is 11.0. The van der Waals surface area contributed by atoms with E-state index in [1.807, 2.05) is 0 Å². The van der Waals surface area contributed by atoms with Gasteiger partial charge in [0.05, 0.1) is 6.04 Å². The standard InChI is InChI=1S/C14H26N2O/c1-11-6-5-9-15-13(11)14(17)16-10-12-7-3-2-4-8-12/h11-13,15H,2-10H2,1H3,(H,16,17). The minimum atomic E-state index is 0.0485. The van der Waals surface area contributed by atoms with Gasteiger partial charge in [-0.25, -0.2) is 0 Å². The highest BCUT2D eigenvalue weighted by molar-refractivity contribution is 5.82. The van der Waals surface area contributed by atoms with Crippen molar-refractivity contribution in [3.63, 3.8) is 0 Å². The van der Waals surface area contributed by atoms with Gasteiger partial charge in [-0.3, -0.25) is 4.79 Å². The van der Waals surface area contributed by atoms with Crippen LogP contribution in [0.1, 0.15) is 51.9 Å². The monoisotopic (exact) mass is 238 g/mol. The van der Waals surface area contributed by atoms with Crippen molar-refractivity contribution in [3.8, 4) is 0 Å². The fourth-order valence-corrected chi connectivity index (χ4v) is 3.15. The molecule has 17 heavy (non-hydrogen) atoms. The van der Waals surface area contributed by atoms with Gasteiger partial charge in [0.15, 0.2) is 0 Å². The first kappa shape index (κ1) is 12.9. The Labute approximate surface area is 105 Å². The molecule has 0 aromatic heterocycles. The normalized spacial score (nSPS) is 31.1. The Morgan fingerprint density at radius 3 is 2.65 bits per heavy atom. The van der Waals surface area contributed by atoms with Gasteiger partial charge in [-0.1, -0.05) is 26.2 Å². The van der Waals surface area contributed by atoms with Crippen LogP contribution in [0.4, 0.5) is 0 Å². The third-order valence-corrected chi connectivity index (χ3v) is 4.34. The third kappa shape index (κ3) is 3.70. The van der Waals surface area contributed by atoms with Crippen molar-refractivity contribution in [1.82, 2.24) is 10.6 Å². The van der Waals surface area contributed by atoms with Crippen LogP contribution in [0.3, 0.4) is 0 Å². The molecule has 3 heteroatoms. The van der Waals surface area contributed by atoms with Crippen LogP contribution >= 0.6 is 0 Å². The summed E-state index contributed by atoms with van der Waals surface area (Å²) in [5.74, 6) is 1.43. The molecule has 2 atom stereocenters. The first-order chi connectivity index (χ1) is 8.27. The smallest absolute Gasteiger partial charge is 0.237 e. The van der Waals surface area contributed by atoms with E-state index in [4.69, 9.17) is 0 Å². The maximum absolute atomic E-state index is 12.1. The summed E-state index contributed by atoms with van der Waals surface area (Å²) in [6.45, 7) is 4.06. The van der Waals surface area contributed by atoms with Crippen molar-refractivity contribution in [2.24, 2.45) is 11.8 Å².